The lowest BCUT2D eigenvalue weighted by molar-refractivity contribution is -0.121. The van der Waals surface area contributed by atoms with E-state index in [4.69, 9.17) is 17.0 Å². The summed E-state index contributed by atoms with van der Waals surface area (Å²) in [5.74, 6) is -0.624. The van der Waals surface area contributed by atoms with Crippen LogP contribution in [-0.2, 0) is 10.2 Å². The number of hydrazine groups is 1. The smallest absolute Gasteiger partial charge is 0.269 e. The number of carbonyl (C=O) groups is 3. The largest absolute Gasteiger partial charge is 0.484 e. The van der Waals surface area contributed by atoms with Gasteiger partial charge in [0.2, 0.25) is 0 Å². The molecule has 0 radical (unpaired) electrons. The van der Waals surface area contributed by atoms with Crippen LogP contribution in [0.4, 0.5) is 5.69 Å². The molecule has 0 aliphatic heterocycles. The van der Waals surface area contributed by atoms with E-state index in [2.05, 4.69) is 42.3 Å². The predicted octanol–water partition coefficient (Wildman–Crippen LogP) is 4.26. The van der Waals surface area contributed by atoms with Crippen LogP contribution < -0.4 is 26.2 Å². The predicted molar refractivity (Wildman–Crippen MR) is 148 cm³/mol. The van der Waals surface area contributed by atoms with Crippen molar-refractivity contribution in [2.24, 2.45) is 0 Å². The summed E-state index contributed by atoms with van der Waals surface area (Å²) in [7, 11) is 0. The second-order valence-corrected chi connectivity index (χ2v) is 9.83. The molecular formula is C28H30N4O4S. The zero-order valence-corrected chi connectivity index (χ0v) is 22.0. The molecule has 0 saturated heterocycles. The lowest BCUT2D eigenvalue weighted by Gasteiger charge is -2.19. The highest BCUT2D eigenvalue weighted by Gasteiger charge is 2.15. The van der Waals surface area contributed by atoms with Gasteiger partial charge in [0, 0.05) is 16.8 Å². The van der Waals surface area contributed by atoms with Crippen LogP contribution in [-0.4, -0.2) is 29.4 Å². The molecule has 0 atom stereocenters. The average molecular weight is 519 g/mol. The van der Waals surface area contributed by atoms with E-state index >= 15 is 0 Å². The number of rotatable bonds is 6. The third-order valence-corrected chi connectivity index (χ3v) is 5.56. The molecule has 4 N–H and O–H groups in total. The first-order valence-electron chi connectivity index (χ1n) is 11.6. The normalized spacial score (nSPS) is 10.7. The topological polar surface area (TPSA) is 109 Å². The molecule has 37 heavy (non-hydrogen) atoms. The van der Waals surface area contributed by atoms with E-state index in [-0.39, 0.29) is 23.0 Å². The Morgan fingerprint density at radius 2 is 1.35 bits per heavy atom. The molecule has 0 unspecified atom stereocenters. The molecule has 3 amide bonds. The van der Waals surface area contributed by atoms with Crippen LogP contribution in [0, 0.1) is 6.92 Å². The Morgan fingerprint density at radius 1 is 0.784 bits per heavy atom. The van der Waals surface area contributed by atoms with E-state index in [9.17, 15) is 14.4 Å². The molecule has 9 heteroatoms. The van der Waals surface area contributed by atoms with E-state index in [0.29, 0.717) is 22.6 Å². The van der Waals surface area contributed by atoms with Crippen LogP contribution in [0.2, 0.25) is 0 Å². The number of aryl methyl sites for hydroxylation is 1. The maximum Gasteiger partial charge on any atom is 0.269 e. The SMILES string of the molecule is Cc1ccc(OCC(=O)NC(=S)NNC(=O)c2ccc(NC(=O)c3ccc(C(C)(C)C)cc3)cc2)cc1. The van der Waals surface area contributed by atoms with Gasteiger partial charge in [-0.2, -0.15) is 0 Å². The fourth-order valence-electron chi connectivity index (χ4n) is 3.19. The highest BCUT2D eigenvalue weighted by molar-refractivity contribution is 7.80. The first-order chi connectivity index (χ1) is 17.5. The quantitative estimate of drug-likeness (QED) is 0.287. The molecular weight excluding hydrogens is 488 g/mol. The second kappa shape index (κ2) is 12.1. The third-order valence-electron chi connectivity index (χ3n) is 5.35. The Kier molecular flexibility index (Phi) is 8.97. The molecule has 0 fully saturated rings. The molecule has 3 rings (SSSR count). The fraction of sp³-hybridized carbons (Fsp3) is 0.214. The molecule has 3 aromatic rings. The van der Waals surface area contributed by atoms with Crippen LogP contribution in [0.3, 0.4) is 0 Å². The van der Waals surface area contributed by atoms with Gasteiger partial charge in [0.15, 0.2) is 11.7 Å². The summed E-state index contributed by atoms with van der Waals surface area (Å²) in [6, 6.07) is 21.1. The van der Waals surface area contributed by atoms with Gasteiger partial charge in [-0.15, -0.1) is 0 Å². The van der Waals surface area contributed by atoms with Crippen molar-refractivity contribution in [1.29, 1.82) is 0 Å². The Balaban J connectivity index is 1.43. The van der Waals surface area contributed by atoms with Gasteiger partial charge in [-0.05, 0) is 78.7 Å². The number of carbonyl (C=O) groups excluding carboxylic acids is 3. The molecule has 0 saturated carbocycles. The summed E-state index contributed by atoms with van der Waals surface area (Å²) in [5.41, 5.74) is 8.54. The van der Waals surface area contributed by atoms with E-state index in [0.717, 1.165) is 11.1 Å². The minimum atomic E-state index is -0.472. The van der Waals surface area contributed by atoms with Crippen molar-refractivity contribution in [2.75, 3.05) is 11.9 Å². The van der Waals surface area contributed by atoms with Crippen molar-refractivity contribution in [2.45, 2.75) is 33.1 Å². The van der Waals surface area contributed by atoms with Gasteiger partial charge >= 0.3 is 0 Å². The van der Waals surface area contributed by atoms with Crippen molar-refractivity contribution >= 4 is 40.7 Å². The number of amides is 3. The highest BCUT2D eigenvalue weighted by Crippen LogP contribution is 2.22. The second-order valence-electron chi connectivity index (χ2n) is 9.42. The molecule has 192 valence electrons. The summed E-state index contributed by atoms with van der Waals surface area (Å²) in [4.78, 5) is 36.9. The Labute approximate surface area is 221 Å². The van der Waals surface area contributed by atoms with Crippen LogP contribution in [0.15, 0.2) is 72.8 Å². The minimum absolute atomic E-state index is 0.00566. The maximum absolute atomic E-state index is 12.5. The van der Waals surface area contributed by atoms with Crippen molar-refractivity contribution in [1.82, 2.24) is 16.2 Å². The van der Waals surface area contributed by atoms with Crippen LogP contribution in [0.25, 0.3) is 0 Å². The minimum Gasteiger partial charge on any atom is -0.484 e. The number of anilines is 1. The number of hydrogen-bond donors (Lipinski definition) is 4. The van der Waals surface area contributed by atoms with Crippen molar-refractivity contribution in [3.05, 3.63) is 95.1 Å². The third kappa shape index (κ3) is 8.43. The average Bonchev–Trinajstić information content (AvgIpc) is 2.87. The first-order valence-corrected chi connectivity index (χ1v) is 12.0. The van der Waals surface area contributed by atoms with E-state index < -0.39 is 11.8 Å². The Hall–Kier alpha value is -4.24. The lowest BCUT2D eigenvalue weighted by Crippen LogP contribution is -2.49. The number of nitrogens with one attached hydrogen (secondary N) is 4. The van der Waals surface area contributed by atoms with E-state index in [1.807, 2.05) is 31.2 Å². The molecule has 0 bridgehead atoms. The summed E-state index contributed by atoms with van der Waals surface area (Å²) < 4.78 is 5.39. The number of benzene rings is 3. The van der Waals surface area contributed by atoms with Crippen LogP contribution in [0.1, 0.15) is 52.6 Å². The zero-order chi connectivity index (χ0) is 27.0. The summed E-state index contributed by atoms with van der Waals surface area (Å²) in [6.07, 6.45) is 0. The lowest BCUT2D eigenvalue weighted by atomic mass is 9.87. The molecule has 0 aliphatic rings. The van der Waals surface area contributed by atoms with Gasteiger partial charge in [-0.3, -0.25) is 30.6 Å². The maximum atomic E-state index is 12.5. The summed E-state index contributed by atoms with van der Waals surface area (Å²) in [5, 5.41) is 5.16. The monoisotopic (exact) mass is 518 g/mol. The van der Waals surface area contributed by atoms with Gasteiger partial charge in [0.05, 0.1) is 0 Å². The number of ether oxygens (including phenoxy) is 1. The first kappa shape index (κ1) is 27.3. The molecule has 0 spiro atoms. The van der Waals surface area contributed by atoms with Crippen molar-refractivity contribution < 1.29 is 19.1 Å². The zero-order valence-electron chi connectivity index (χ0n) is 21.2. The molecule has 0 aliphatic carbocycles. The molecule has 3 aromatic carbocycles. The van der Waals surface area contributed by atoms with Crippen LogP contribution >= 0.6 is 12.2 Å². The fourth-order valence-corrected chi connectivity index (χ4v) is 3.36. The van der Waals surface area contributed by atoms with Gasteiger partial charge < -0.3 is 10.1 Å². The number of hydrogen-bond acceptors (Lipinski definition) is 5. The summed E-state index contributed by atoms with van der Waals surface area (Å²) in [6.45, 7) is 8.06. The van der Waals surface area contributed by atoms with Gasteiger partial charge in [0.1, 0.15) is 5.75 Å². The van der Waals surface area contributed by atoms with Gasteiger partial charge in [-0.1, -0.05) is 50.6 Å². The Morgan fingerprint density at radius 3 is 1.95 bits per heavy atom. The highest BCUT2D eigenvalue weighted by atomic mass is 32.1. The van der Waals surface area contributed by atoms with E-state index in [1.165, 1.54) is 0 Å². The van der Waals surface area contributed by atoms with Gasteiger partial charge in [0.25, 0.3) is 17.7 Å². The number of thiocarbonyl (C=S) groups is 1. The van der Waals surface area contributed by atoms with Crippen molar-refractivity contribution in [3.8, 4) is 5.75 Å². The standard InChI is InChI=1S/C28H30N4O4S/c1-18-5-15-23(16-6-18)36-17-24(33)30-27(37)32-31-26(35)20-9-13-22(14-10-20)29-25(34)19-7-11-21(12-8-19)28(2,3)4/h5-16H,17H2,1-4H3,(H,29,34)(H,31,35)(H2,30,32,33,37). The summed E-state index contributed by atoms with van der Waals surface area (Å²) >= 11 is 5.03. The molecule has 8 nitrogen and oxygen atoms in total. The van der Waals surface area contributed by atoms with Crippen LogP contribution in [0.5, 0.6) is 5.75 Å². The van der Waals surface area contributed by atoms with Gasteiger partial charge in [-0.25, -0.2) is 0 Å². The van der Waals surface area contributed by atoms with Crippen molar-refractivity contribution in [3.63, 3.8) is 0 Å². The molecule has 0 aromatic heterocycles. The Bertz CT molecular complexity index is 1270. The molecule has 0 heterocycles. The van der Waals surface area contributed by atoms with E-state index in [1.54, 1.807) is 48.5 Å².